The molecule has 2 heterocycles. The van der Waals surface area contributed by atoms with E-state index in [1.54, 1.807) is 18.2 Å². The largest absolute Gasteiger partial charge is 0.479 e. The van der Waals surface area contributed by atoms with Crippen molar-refractivity contribution in [2.75, 3.05) is 5.32 Å². The predicted octanol–water partition coefficient (Wildman–Crippen LogP) is 5.61. The fraction of sp³-hybridized carbons (Fsp3) is 0.0952. The molecule has 0 aliphatic heterocycles. The third-order valence-electron chi connectivity index (χ3n) is 4.46. The van der Waals surface area contributed by atoms with Crippen LogP contribution in [0.5, 0.6) is 5.75 Å². The predicted molar refractivity (Wildman–Crippen MR) is 113 cm³/mol. The Morgan fingerprint density at radius 2 is 1.74 bits per heavy atom. The molecule has 0 fully saturated rings. The van der Waals surface area contributed by atoms with Crippen molar-refractivity contribution in [3.05, 3.63) is 93.1 Å². The second-order valence-electron chi connectivity index (χ2n) is 6.77. The van der Waals surface area contributed by atoms with Crippen LogP contribution in [-0.2, 0) is 13.2 Å². The smallest absolute Gasteiger partial charge is 0.293 e. The molecule has 0 unspecified atom stereocenters. The van der Waals surface area contributed by atoms with Crippen molar-refractivity contribution in [2.24, 2.45) is 0 Å². The van der Waals surface area contributed by atoms with E-state index in [0.717, 1.165) is 0 Å². The van der Waals surface area contributed by atoms with Crippen LogP contribution >= 0.6 is 23.2 Å². The first-order chi connectivity index (χ1) is 16.2. The molecule has 0 spiro atoms. The number of ether oxygens (including phenoxy) is 1. The summed E-state index contributed by atoms with van der Waals surface area (Å²) in [6.45, 7) is -0.396. The number of aromatic nitrogens is 3. The van der Waals surface area contributed by atoms with Gasteiger partial charge in [0.1, 0.15) is 18.7 Å². The number of halogens is 6. The molecule has 2 aromatic carbocycles. The van der Waals surface area contributed by atoms with Crippen molar-refractivity contribution in [3.8, 4) is 5.75 Å². The van der Waals surface area contributed by atoms with Crippen LogP contribution in [0.3, 0.4) is 0 Å². The highest BCUT2D eigenvalue weighted by atomic mass is 35.5. The number of anilines is 1. The lowest BCUT2D eigenvalue weighted by molar-refractivity contribution is 0.0991. The van der Waals surface area contributed by atoms with E-state index in [-0.39, 0.29) is 30.1 Å². The molecule has 0 saturated heterocycles. The lowest BCUT2D eigenvalue weighted by atomic mass is 10.2. The van der Waals surface area contributed by atoms with E-state index < -0.39 is 41.5 Å². The van der Waals surface area contributed by atoms with Crippen molar-refractivity contribution < 1.29 is 31.5 Å². The van der Waals surface area contributed by atoms with Gasteiger partial charge in [0.05, 0.1) is 6.54 Å². The van der Waals surface area contributed by atoms with E-state index in [9.17, 15) is 22.4 Å². The van der Waals surface area contributed by atoms with Crippen LogP contribution in [0, 0.1) is 23.3 Å². The fourth-order valence-corrected chi connectivity index (χ4v) is 3.35. The zero-order valence-corrected chi connectivity index (χ0v) is 18.3. The van der Waals surface area contributed by atoms with Gasteiger partial charge in [0.15, 0.2) is 23.1 Å². The van der Waals surface area contributed by atoms with Crippen molar-refractivity contribution >= 4 is 35.1 Å². The fourth-order valence-electron chi connectivity index (χ4n) is 2.84. The Balaban J connectivity index is 1.39. The van der Waals surface area contributed by atoms with Gasteiger partial charge in [-0.05, 0) is 24.3 Å². The topological polar surface area (TPSA) is 82.2 Å². The van der Waals surface area contributed by atoms with Gasteiger partial charge in [-0.3, -0.25) is 10.1 Å². The molecule has 4 rings (SSSR count). The molecule has 0 aliphatic carbocycles. The maximum absolute atomic E-state index is 13.7. The summed E-state index contributed by atoms with van der Waals surface area (Å²) in [5.74, 6) is -8.86. The van der Waals surface area contributed by atoms with Crippen LogP contribution in [0.1, 0.15) is 21.9 Å². The zero-order chi connectivity index (χ0) is 24.4. The maximum atomic E-state index is 13.7. The molecule has 0 radical (unpaired) electrons. The molecule has 176 valence electrons. The van der Waals surface area contributed by atoms with E-state index >= 15 is 0 Å². The highest BCUT2D eigenvalue weighted by molar-refractivity contribution is 6.35. The quantitative estimate of drug-likeness (QED) is 0.256. The molecule has 0 bridgehead atoms. The van der Waals surface area contributed by atoms with E-state index in [2.05, 4.69) is 15.4 Å². The van der Waals surface area contributed by atoms with E-state index in [4.69, 9.17) is 32.4 Å². The minimum absolute atomic E-state index is 0.0400. The molecule has 34 heavy (non-hydrogen) atoms. The van der Waals surface area contributed by atoms with Crippen LogP contribution in [-0.4, -0.2) is 20.7 Å². The molecule has 1 amide bonds. The van der Waals surface area contributed by atoms with Gasteiger partial charge in [0.25, 0.3) is 5.91 Å². The Labute approximate surface area is 198 Å². The first-order valence-corrected chi connectivity index (χ1v) is 10.2. The number of benzene rings is 2. The van der Waals surface area contributed by atoms with Crippen molar-refractivity contribution in [1.29, 1.82) is 0 Å². The molecule has 7 nitrogen and oxygen atoms in total. The second-order valence-corrected chi connectivity index (χ2v) is 7.59. The maximum Gasteiger partial charge on any atom is 0.293 e. The highest BCUT2D eigenvalue weighted by Gasteiger charge is 2.21. The summed E-state index contributed by atoms with van der Waals surface area (Å²) in [5.41, 5.74) is 0.621. The molecule has 13 heteroatoms. The summed E-state index contributed by atoms with van der Waals surface area (Å²) < 4.78 is 65.3. The third-order valence-corrected chi connectivity index (χ3v) is 5.17. The van der Waals surface area contributed by atoms with Crippen molar-refractivity contribution in [3.63, 3.8) is 0 Å². The number of nitrogens with one attached hydrogen (secondary N) is 1. The molecule has 2 aromatic heterocycles. The zero-order valence-electron chi connectivity index (χ0n) is 16.8. The standard InChI is InChI=1S/C21H12Cl2F4N4O3/c22-12-2-1-3-13(23)11(12)7-31-9-28-21(30-31)29-20(32)16-5-4-10(34-16)8-33-19-17(26)14(24)6-15(25)18(19)27/h1-6,9H,7-8H2,(H,29,30,32). The van der Waals surface area contributed by atoms with Gasteiger partial charge in [-0.1, -0.05) is 29.3 Å². The summed E-state index contributed by atoms with van der Waals surface area (Å²) in [6.07, 6.45) is 1.36. The number of carbonyl (C=O) groups is 1. The van der Waals surface area contributed by atoms with Crippen molar-refractivity contribution in [2.45, 2.75) is 13.2 Å². The Bertz CT molecular complexity index is 1330. The third kappa shape index (κ3) is 5.00. The van der Waals surface area contributed by atoms with Gasteiger partial charge in [-0.2, -0.15) is 8.78 Å². The van der Waals surface area contributed by atoms with E-state index in [1.165, 1.54) is 23.1 Å². The number of furan rings is 1. The number of carbonyl (C=O) groups excluding carboxylic acids is 1. The van der Waals surface area contributed by atoms with Crippen LogP contribution < -0.4 is 10.1 Å². The number of nitrogens with zero attached hydrogens (tertiary/aromatic N) is 3. The molecule has 0 saturated carbocycles. The van der Waals surface area contributed by atoms with Gasteiger partial charge < -0.3 is 9.15 Å². The monoisotopic (exact) mass is 514 g/mol. The average Bonchev–Trinajstić information content (AvgIpc) is 3.45. The van der Waals surface area contributed by atoms with Gasteiger partial charge >= 0.3 is 0 Å². The summed E-state index contributed by atoms with van der Waals surface area (Å²) >= 11 is 12.3. The lowest BCUT2D eigenvalue weighted by Crippen LogP contribution is -2.13. The Morgan fingerprint density at radius 1 is 1.06 bits per heavy atom. The van der Waals surface area contributed by atoms with Crippen LogP contribution in [0.15, 0.2) is 47.1 Å². The number of hydrogen-bond acceptors (Lipinski definition) is 5. The molecule has 4 aromatic rings. The lowest BCUT2D eigenvalue weighted by Gasteiger charge is -2.08. The summed E-state index contributed by atoms with van der Waals surface area (Å²) in [4.78, 5) is 16.3. The number of amides is 1. The van der Waals surface area contributed by atoms with Gasteiger partial charge in [-0.25, -0.2) is 18.4 Å². The van der Waals surface area contributed by atoms with Crippen LogP contribution in [0.25, 0.3) is 0 Å². The Morgan fingerprint density at radius 3 is 2.41 bits per heavy atom. The van der Waals surface area contributed by atoms with Crippen molar-refractivity contribution in [1.82, 2.24) is 14.8 Å². The molecular formula is C21H12Cl2F4N4O3. The number of rotatable bonds is 7. The second kappa shape index (κ2) is 9.74. The van der Waals surface area contributed by atoms with E-state index in [0.29, 0.717) is 15.6 Å². The molecular weight excluding hydrogens is 503 g/mol. The SMILES string of the molecule is O=C(Nc1ncn(Cc2c(Cl)cccc2Cl)n1)c1ccc(COc2c(F)c(F)cc(F)c2F)o1. The first kappa shape index (κ1) is 23.6. The van der Waals surface area contributed by atoms with Gasteiger partial charge in [0.2, 0.25) is 17.6 Å². The minimum atomic E-state index is -1.69. The summed E-state index contributed by atoms with van der Waals surface area (Å²) in [7, 11) is 0. The Hall–Kier alpha value is -3.57. The highest BCUT2D eigenvalue weighted by Crippen LogP contribution is 2.28. The summed E-state index contributed by atoms with van der Waals surface area (Å²) in [6, 6.07) is 7.65. The summed E-state index contributed by atoms with van der Waals surface area (Å²) in [5, 5.41) is 7.41. The number of hydrogen-bond donors (Lipinski definition) is 1. The normalized spacial score (nSPS) is 11.0. The van der Waals surface area contributed by atoms with Gasteiger partial charge in [0, 0.05) is 21.7 Å². The molecule has 0 atom stereocenters. The molecule has 0 aliphatic rings. The Kier molecular flexibility index (Phi) is 6.75. The average molecular weight is 515 g/mol. The van der Waals surface area contributed by atoms with Crippen LogP contribution in [0.4, 0.5) is 23.5 Å². The minimum Gasteiger partial charge on any atom is -0.479 e. The first-order valence-electron chi connectivity index (χ1n) is 9.41. The van der Waals surface area contributed by atoms with E-state index in [1.807, 2.05) is 0 Å². The van der Waals surface area contributed by atoms with Gasteiger partial charge in [-0.15, -0.1) is 5.10 Å². The molecule has 1 N–H and O–H groups in total. The van der Waals surface area contributed by atoms with Crippen LogP contribution in [0.2, 0.25) is 10.0 Å².